The van der Waals surface area contributed by atoms with Crippen LogP contribution >= 0.6 is 12.4 Å². The summed E-state index contributed by atoms with van der Waals surface area (Å²) < 4.78 is 15.2. The van der Waals surface area contributed by atoms with Crippen LogP contribution in [0.1, 0.15) is 17.2 Å². The Kier molecular flexibility index (Phi) is 6.13. The molecule has 20 heavy (non-hydrogen) atoms. The first-order valence-corrected chi connectivity index (χ1v) is 6.26. The Balaban J connectivity index is 0.00000200. The van der Waals surface area contributed by atoms with Gasteiger partial charge in [-0.25, -0.2) is 4.39 Å². The van der Waals surface area contributed by atoms with Crippen LogP contribution in [0.4, 0.5) is 4.39 Å². The number of likely N-dealkylation sites (N-methyl/N-ethyl adjacent to an activating group) is 1. The summed E-state index contributed by atoms with van der Waals surface area (Å²) in [5.41, 5.74) is 7.56. The van der Waals surface area contributed by atoms with Crippen molar-refractivity contribution in [2.24, 2.45) is 12.8 Å². The van der Waals surface area contributed by atoms with Crippen LogP contribution in [-0.4, -0.2) is 34.8 Å². The van der Waals surface area contributed by atoms with Crippen molar-refractivity contribution in [2.45, 2.75) is 6.04 Å². The smallest absolute Gasteiger partial charge is 0.123 e. The van der Waals surface area contributed by atoms with Gasteiger partial charge in [0.2, 0.25) is 0 Å². The predicted molar refractivity (Wildman–Crippen MR) is 80.4 cm³/mol. The summed E-state index contributed by atoms with van der Waals surface area (Å²) in [4.78, 5) is 2.10. The molecule has 0 saturated heterocycles. The number of hydrogen-bond donors (Lipinski definition) is 1. The quantitative estimate of drug-likeness (QED) is 0.918. The molecule has 1 aromatic heterocycles. The Morgan fingerprint density at radius 1 is 1.40 bits per heavy atom. The number of hydrogen-bond acceptors (Lipinski definition) is 3. The van der Waals surface area contributed by atoms with Gasteiger partial charge in [0.05, 0.1) is 12.2 Å². The van der Waals surface area contributed by atoms with E-state index < -0.39 is 0 Å². The van der Waals surface area contributed by atoms with Gasteiger partial charge in [-0.15, -0.1) is 12.4 Å². The van der Waals surface area contributed by atoms with Gasteiger partial charge in [-0.2, -0.15) is 5.10 Å². The molecule has 0 aliphatic rings. The molecule has 0 radical (unpaired) electrons. The van der Waals surface area contributed by atoms with Crippen LogP contribution in [0.15, 0.2) is 36.7 Å². The third-order valence-corrected chi connectivity index (χ3v) is 3.13. The van der Waals surface area contributed by atoms with Crippen molar-refractivity contribution in [1.29, 1.82) is 0 Å². The molecule has 110 valence electrons. The molecule has 4 nitrogen and oxygen atoms in total. The first kappa shape index (κ1) is 16.6. The van der Waals surface area contributed by atoms with E-state index in [1.54, 1.807) is 16.8 Å². The third kappa shape index (κ3) is 3.79. The highest BCUT2D eigenvalue weighted by molar-refractivity contribution is 5.85. The van der Waals surface area contributed by atoms with E-state index in [1.165, 1.54) is 6.07 Å². The van der Waals surface area contributed by atoms with Crippen LogP contribution in [0, 0.1) is 5.82 Å². The van der Waals surface area contributed by atoms with Gasteiger partial charge in [0.25, 0.3) is 0 Å². The van der Waals surface area contributed by atoms with E-state index in [-0.39, 0.29) is 24.3 Å². The highest BCUT2D eigenvalue weighted by atomic mass is 35.5. The second-order valence-electron chi connectivity index (χ2n) is 4.67. The molecule has 2 rings (SSSR count). The maximum atomic E-state index is 13.4. The van der Waals surface area contributed by atoms with Gasteiger partial charge in [-0.05, 0) is 24.7 Å². The predicted octanol–water partition coefficient (Wildman–Crippen LogP) is 1.96. The van der Waals surface area contributed by atoms with Crippen LogP contribution in [-0.2, 0) is 7.05 Å². The Labute approximate surface area is 124 Å². The second-order valence-corrected chi connectivity index (χ2v) is 4.67. The zero-order valence-electron chi connectivity index (χ0n) is 11.7. The van der Waals surface area contributed by atoms with Crippen molar-refractivity contribution in [3.63, 3.8) is 0 Å². The zero-order valence-corrected chi connectivity index (χ0v) is 12.5. The molecule has 0 bridgehead atoms. The van der Waals surface area contributed by atoms with Crippen molar-refractivity contribution in [3.05, 3.63) is 53.6 Å². The normalized spacial score (nSPS) is 12.2. The second kappa shape index (κ2) is 7.38. The van der Waals surface area contributed by atoms with Gasteiger partial charge in [0.1, 0.15) is 5.82 Å². The average molecular weight is 299 g/mol. The highest BCUT2D eigenvalue weighted by Crippen LogP contribution is 2.27. The van der Waals surface area contributed by atoms with Gasteiger partial charge in [-0.1, -0.05) is 12.1 Å². The lowest BCUT2D eigenvalue weighted by Crippen LogP contribution is -2.30. The molecule has 0 aliphatic heterocycles. The first-order valence-electron chi connectivity index (χ1n) is 6.26. The van der Waals surface area contributed by atoms with E-state index in [9.17, 15) is 4.39 Å². The van der Waals surface area contributed by atoms with Crippen molar-refractivity contribution in [2.75, 3.05) is 20.1 Å². The topological polar surface area (TPSA) is 47.1 Å². The monoisotopic (exact) mass is 298 g/mol. The molecule has 6 heteroatoms. The molecule has 0 spiro atoms. The summed E-state index contributed by atoms with van der Waals surface area (Å²) in [6, 6.07) is 6.63. The Bertz CT molecular complexity index is 543. The molecule has 0 saturated carbocycles. The molecule has 1 heterocycles. The maximum absolute atomic E-state index is 13.4. The lowest BCUT2D eigenvalue weighted by molar-refractivity contribution is 0.286. The standard InChI is InChI=1S/C14H19FN4.ClH/c1-18(7-6-16)14(12-9-17-19(2)10-12)11-4-3-5-13(15)8-11;/h3-5,8-10,14H,6-7,16H2,1-2H3;1H. The number of aromatic nitrogens is 2. The molecule has 0 fully saturated rings. The number of rotatable bonds is 5. The minimum absolute atomic E-state index is 0. The number of nitrogens with zero attached hydrogens (tertiary/aromatic N) is 3. The zero-order chi connectivity index (χ0) is 13.8. The average Bonchev–Trinajstić information content (AvgIpc) is 2.76. The van der Waals surface area contributed by atoms with Gasteiger partial charge >= 0.3 is 0 Å². The third-order valence-electron chi connectivity index (χ3n) is 3.13. The fraction of sp³-hybridized carbons (Fsp3) is 0.357. The Morgan fingerprint density at radius 3 is 2.70 bits per heavy atom. The van der Waals surface area contributed by atoms with E-state index >= 15 is 0 Å². The largest absolute Gasteiger partial charge is 0.329 e. The van der Waals surface area contributed by atoms with Gasteiger partial charge in [0.15, 0.2) is 0 Å². The van der Waals surface area contributed by atoms with E-state index in [1.807, 2.05) is 32.6 Å². The van der Waals surface area contributed by atoms with Crippen LogP contribution in [0.25, 0.3) is 0 Å². The van der Waals surface area contributed by atoms with Crippen molar-refractivity contribution in [1.82, 2.24) is 14.7 Å². The molecule has 0 amide bonds. The number of aryl methyl sites for hydroxylation is 1. The summed E-state index contributed by atoms with van der Waals surface area (Å²) in [7, 11) is 3.85. The molecule has 1 unspecified atom stereocenters. The molecule has 0 aliphatic carbocycles. The molecular formula is C14H20ClFN4. The van der Waals surface area contributed by atoms with Crippen molar-refractivity contribution >= 4 is 12.4 Å². The lowest BCUT2D eigenvalue weighted by Gasteiger charge is -2.27. The van der Waals surface area contributed by atoms with E-state index in [4.69, 9.17) is 5.73 Å². The number of benzene rings is 1. The van der Waals surface area contributed by atoms with Crippen LogP contribution in [0.2, 0.25) is 0 Å². The van der Waals surface area contributed by atoms with Crippen molar-refractivity contribution in [3.8, 4) is 0 Å². The van der Waals surface area contributed by atoms with Gasteiger partial charge in [0, 0.05) is 31.9 Å². The van der Waals surface area contributed by atoms with E-state index in [0.29, 0.717) is 6.54 Å². The summed E-state index contributed by atoms with van der Waals surface area (Å²) in [5, 5.41) is 4.19. The molecule has 1 aromatic carbocycles. The number of nitrogens with two attached hydrogens (primary N) is 1. The summed E-state index contributed by atoms with van der Waals surface area (Å²) in [6.45, 7) is 1.29. The van der Waals surface area contributed by atoms with E-state index in [0.717, 1.165) is 17.7 Å². The minimum atomic E-state index is -0.229. The van der Waals surface area contributed by atoms with Gasteiger partial charge < -0.3 is 5.73 Å². The minimum Gasteiger partial charge on any atom is -0.329 e. The van der Waals surface area contributed by atoms with Crippen molar-refractivity contribution < 1.29 is 4.39 Å². The first-order chi connectivity index (χ1) is 9.11. The van der Waals surface area contributed by atoms with Crippen LogP contribution in [0.5, 0.6) is 0 Å². The van der Waals surface area contributed by atoms with Crippen LogP contribution in [0.3, 0.4) is 0 Å². The Morgan fingerprint density at radius 2 is 2.15 bits per heavy atom. The lowest BCUT2D eigenvalue weighted by atomic mass is 10.00. The molecule has 2 aromatic rings. The van der Waals surface area contributed by atoms with E-state index in [2.05, 4.69) is 10.00 Å². The highest BCUT2D eigenvalue weighted by Gasteiger charge is 2.20. The fourth-order valence-electron chi connectivity index (χ4n) is 2.29. The Hall–Kier alpha value is -1.43. The SMILES string of the molecule is CN(CCN)C(c1cccc(F)c1)c1cnn(C)c1.Cl. The maximum Gasteiger partial charge on any atom is 0.123 e. The fourth-order valence-corrected chi connectivity index (χ4v) is 2.29. The molecule has 2 N–H and O–H groups in total. The van der Waals surface area contributed by atoms with Gasteiger partial charge in [-0.3, -0.25) is 9.58 Å². The summed E-state index contributed by atoms with van der Waals surface area (Å²) in [5.74, 6) is -0.229. The molecular weight excluding hydrogens is 279 g/mol. The number of halogens is 2. The molecule has 1 atom stereocenters. The van der Waals surface area contributed by atoms with Crippen LogP contribution < -0.4 is 5.73 Å². The summed E-state index contributed by atoms with van der Waals surface area (Å²) >= 11 is 0. The summed E-state index contributed by atoms with van der Waals surface area (Å²) in [6.07, 6.45) is 3.76.